The Morgan fingerprint density at radius 3 is 2.31 bits per heavy atom. The number of carboxylic acid groups (broad SMARTS) is 1. The number of nitrogens with one attached hydrogen (secondary N) is 1. The van der Waals surface area contributed by atoms with E-state index in [1.54, 1.807) is 60.7 Å². The number of hydrogen-bond donors (Lipinski definition) is 2. The first-order chi connectivity index (χ1) is 16.7. The summed E-state index contributed by atoms with van der Waals surface area (Å²) in [5.74, 6) is -1.27. The first-order valence-electron chi connectivity index (χ1n) is 10.6. The van der Waals surface area contributed by atoms with Gasteiger partial charge in [-0.05, 0) is 73.0 Å². The van der Waals surface area contributed by atoms with Crippen molar-refractivity contribution in [3.63, 3.8) is 0 Å². The number of carboxylic acids is 1. The van der Waals surface area contributed by atoms with Gasteiger partial charge in [0.15, 0.2) is 9.84 Å². The zero-order valence-electron chi connectivity index (χ0n) is 18.8. The number of benzene rings is 3. The number of aliphatic carboxylic acids is 1. The Kier molecular flexibility index (Phi) is 8.89. The monoisotopic (exact) mass is 561 g/mol. The number of aryl methyl sites for hydroxylation is 1. The summed E-state index contributed by atoms with van der Waals surface area (Å²) in [6.45, 7) is 0. The van der Waals surface area contributed by atoms with E-state index in [0.717, 1.165) is 10.0 Å². The van der Waals surface area contributed by atoms with Crippen molar-refractivity contribution in [3.05, 3.63) is 88.4 Å². The molecule has 10 heteroatoms. The third kappa shape index (κ3) is 7.56. The first kappa shape index (κ1) is 26.2. The van der Waals surface area contributed by atoms with E-state index >= 15 is 0 Å². The number of hydrogen-bond acceptors (Lipinski definition) is 6. The van der Waals surface area contributed by atoms with Gasteiger partial charge in [0, 0.05) is 10.0 Å². The molecular weight excluding hydrogens is 538 g/mol. The van der Waals surface area contributed by atoms with Gasteiger partial charge in [-0.3, -0.25) is 4.79 Å². The van der Waals surface area contributed by atoms with Gasteiger partial charge >= 0.3 is 5.97 Å². The summed E-state index contributed by atoms with van der Waals surface area (Å²) in [4.78, 5) is 24.3. The SMILES string of the molecule is COc1cccc(C(=O)NC(Oc2ccc(CCCS(=O)(=O)c3ccc(Br)cc3)cc2)C(=O)O)c1. The molecule has 3 aromatic carbocycles. The highest BCUT2D eigenvalue weighted by Crippen LogP contribution is 2.19. The maximum atomic E-state index is 12.5. The van der Waals surface area contributed by atoms with Gasteiger partial charge in [0.05, 0.1) is 17.8 Å². The van der Waals surface area contributed by atoms with Crippen molar-refractivity contribution in [2.24, 2.45) is 0 Å². The molecule has 0 fully saturated rings. The van der Waals surface area contributed by atoms with Crippen molar-refractivity contribution in [1.82, 2.24) is 5.32 Å². The van der Waals surface area contributed by atoms with Crippen LogP contribution in [-0.4, -0.2) is 44.5 Å². The lowest BCUT2D eigenvalue weighted by Gasteiger charge is -2.17. The van der Waals surface area contributed by atoms with Crippen molar-refractivity contribution in [1.29, 1.82) is 0 Å². The fraction of sp³-hybridized carbons (Fsp3) is 0.200. The van der Waals surface area contributed by atoms with E-state index in [-0.39, 0.29) is 22.0 Å². The predicted molar refractivity (Wildman–Crippen MR) is 133 cm³/mol. The smallest absolute Gasteiger partial charge is 0.366 e. The van der Waals surface area contributed by atoms with Gasteiger partial charge in [0.1, 0.15) is 11.5 Å². The maximum Gasteiger partial charge on any atom is 0.366 e. The van der Waals surface area contributed by atoms with Crippen LogP contribution in [-0.2, 0) is 21.1 Å². The fourth-order valence-corrected chi connectivity index (χ4v) is 4.78. The minimum Gasteiger partial charge on any atom is -0.497 e. The van der Waals surface area contributed by atoms with E-state index < -0.39 is 27.9 Å². The Hall–Kier alpha value is -3.37. The molecule has 3 aromatic rings. The summed E-state index contributed by atoms with van der Waals surface area (Å²) in [5, 5.41) is 11.8. The Bertz CT molecular complexity index is 1280. The molecule has 35 heavy (non-hydrogen) atoms. The van der Waals surface area contributed by atoms with Crippen LogP contribution in [0.2, 0.25) is 0 Å². The number of methoxy groups -OCH3 is 1. The minimum atomic E-state index is -3.38. The molecule has 0 spiro atoms. The molecule has 0 aromatic heterocycles. The van der Waals surface area contributed by atoms with Crippen molar-refractivity contribution in [2.45, 2.75) is 24.0 Å². The number of halogens is 1. The lowest BCUT2D eigenvalue weighted by Crippen LogP contribution is -2.44. The second-order valence-corrected chi connectivity index (χ2v) is 10.6. The van der Waals surface area contributed by atoms with Gasteiger partial charge in [-0.15, -0.1) is 0 Å². The number of carbonyl (C=O) groups excluding carboxylic acids is 1. The third-order valence-corrected chi connectivity index (χ3v) is 7.39. The van der Waals surface area contributed by atoms with Gasteiger partial charge < -0.3 is 19.9 Å². The van der Waals surface area contributed by atoms with Crippen LogP contribution >= 0.6 is 15.9 Å². The molecule has 0 bridgehead atoms. The van der Waals surface area contributed by atoms with E-state index in [0.29, 0.717) is 18.6 Å². The van der Waals surface area contributed by atoms with Crippen LogP contribution in [0.4, 0.5) is 0 Å². The van der Waals surface area contributed by atoms with Crippen molar-refractivity contribution in [2.75, 3.05) is 12.9 Å². The summed E-state index contributed by atoms with van der Waals surface area (Å²) in [6.07, 6.45) is -0.659. The lowest BCUT2D eigenvalue weighted by molar-refractivity contribution is -0.146. The highest BCUT2D eigenvalue weighted by molar-refractivity contribution is 9.10. The zero-order chi connectivity index (χ0) is 25.4. The quantitative estimate of drug-likeness (QED) is 0.338. The summed E-state index contributed by atoms with van der Waals surface area (Å²) >= 11 is 3.29. The number of rotatable bonds is 11. The molecule has 2 N–H and O–H groups in total. The lowest BCUT2D eigenvalue weighted by atomic mass is 10.1. The molecule has 1 atom stereocenters. The summed E-state index contributed by atoms with van der Waals surface area (Å²) in [6, 6.07) is 19.4. The molecule has 0 heterocycles. The Morgan fingerprint density at radius 2 is 1.69 bits per heavy atom. The van der Waals surface area contributed by atoms with E-state index in [4.69, 9.17) is 9.47 Å². The largest absolute Gasteiger partial charge is 0.497 e. The average molecular weight is 562 g/mol. The van der Waals surface area contributed by atoms with Crippen molar-refractivity contribution in [3.8, 4) is 11.5 Å². The topological polar surface area (TPSA) is 119 Å². The minimum absolute atomic E-state index is 0.00424. The van der Waals surface area contributed by atoms with Crippen LogP contribution in [0.1, 0.15) is 22.3 Å². The van der Waals surface area contributed by atoms with Crippen LogP contribution in [0, 0.1) is 0 Å². The molecule has 0 radical (unpaired) electrons. The Morgan fingerprint density at radius 1 is 1.00 bits per heavy atom. The normalized spacial score (nSPS) is 11.9. The molecule has 0 aliphatic rings. The number of sulfone groups is 1. The fourth-order valence-electron chi connectivity index (χ4n) is 3.21. The van der Waals surface area contributed by atoms with Gasteiger partial charge in [-0.2, -0.15) is 0 Å². The molecule has 8 nitrogen and oxygen atoms in total. The van der Waals surface area contributed by atoms with E-state index in [1.807, 2.05) is 0 Å². The Balaban J connectivity index is 1.56. The number of carbonyl (C=O) groups is 2. The van der Waals surface area contributed by atoms with Crippen molar-refractivity contribution < 1.29 is 32.6 Å². The first-order valence-corrected chi connectivity index (χ1v) is 13.0. The Labute approximate surface area is 211 Å². The number of ether oxygens (including phenoxy) is 2. The molecule has 3 rings (SSSR count). The summed E-state index contributed by atoms with van der Waals surface area (Å²) in [5.41, 5.74) is 1.10. The second kappa shape index (κ2) is 11.9. The van der Waals surface area contributed by atoms with Crippen LogP contribution in [0.25, 0.3) is 0 Å². The van der Waals surface area contributed by atoms with E-state index in [2.05, 4.69) is 21.2 Å². The highest BCUT2D eigenvalue weighted by atomic mass is 79.9. The van der Waals surface area contributed by atoms with Gasteiger partial charge in [0.25, 0.3) is 12.1 Å². The molecule has 0 aliphatic carbocycles. The van der Waals surface area contributed by atoms with Crippen LogP contribution < -0.4 is 14.8 Å². The average Bonchev–Trinajstić information content (AvgIpc) is 2.84. The van der Waals surface area contributed by atoms with Crippen LogP contribution in [0.5, 0.6) is 11.5 Å². The third-order valence-electron chi connectivity index (χ3n) is 5.05. The molecule has 1 unspecified atom stereocenters. The van der Waals surface area contributed by atoms with Gasteiger partial charge in [-0.1, -0.05) is 34.1 Å². The molecule has 0 aliphatic heterocycles. The summed E-state index contributed by atoms with van der Waals surface area (Å²) < 4.78 is 36.3. The standard InChI is InChI=1S/C25H24BrNO7S/c1-33-21-6-2-5-18(16-21)23(28)27-24(25(29)30)34-20-11-7-17(8-12-20)4-3-15-35(31,32)22-13-9-19(26)10-14-22/h2,5-14,16,24H,3-4,15H2,1H3,(H,27,28)(H,29,30). The van der Waals surface area contributed by atoms with E-state index in [1.165, 1.54) is 19.2 Å². The molecule has 184 valence electrons. The second-order valence-electron chi connectivity index (χ2n) is 7.56. The molecule has 0 saturated carbocycles. The summed E-state index contributed by atoms with van der Waals surface area (Å²) in [7, 11) is -1.92. The highest BCUT2D eigenvalue weighted by Gasteiger charge is 2.23. The van der Waals surface area contributed by atoms with Gasteiger partial charge in [-0.25, -0.2) is 13.2 Å². The predicted octanol–water partition coefficient (Wildman–Crippen LogP) is 4.08. The molecular formula is C25H24BrNO7S. The zero-order valence-corrected chi connectivity index (χ0v) is 21.2. The van der Waals surface area contributed by atoms with E-state index in [9.17, 15) is 23.1 Å². The van der Waals surface area contributed by atoms with Crippen LogP contribution in [0.15, 0.2) is 82.2 Å². The number of amides is 1. The van der Waals surface area contributed by atoms with Crippen molar-refractivity contribution >= 4 is 37.6 Å². The van der Waals surface area contributed by atoms with Crippen LogP contribution in [0.3, 0.4) is 0 Å². The van der Waals surface area contributed by atoms with Gasteiger partial charge in [0.2, 0.25) is 0 Å². The maximum absolute atomic E-state index is 12.5. The molecule has 1 amide bonds. The molecule has 0 saturated heterocycles.